The molecule has 1 heterocycles. The van der Waals surface area contributed by atoms with Gasteiger partial charge in [-0.2, -0.15) is 0 Å². The molecule has 0 spiro atoms. The maximum absolute atomic E-state index is 5.63. The van der Waals surface area contributed by atoms with E-state index >= 15 is 0 Å². The monoisotopic (exact) mass is 370 g/mol. The number of thiocarbonyl (C=S) groups is 1. The quantitative estimate of drug-likeness (QED) is 0.706. The molecule has 0 aliphatic carbocycles. The predicted molar refractivity (Wildman–Crippen MR) is 111 cm³/mol. The molecular weight excluding hydrogens is 342 g/mol. The van der Waals surface area contributed by atoms with Gasteiger partial charge in [-0.1, -0.05) is 42.5 Å². The van der Waals surface area contributed by atoms with Gasteiger partial charge in [-0.05, 0) is 48.8 Å². The van der Waals surface area contributed by atoms with Crippen molar-refractivity contribution in [3.63, 3.8) is 0 Å². The highest BCUT2D eigenvalue weighted by atomic mass is 32.1. The molecule has 1 aliphatic heterocycles. The largest absolute Gasteiger partial charge is 0.370 e. The molecule has 2 aromatic carbocycles. The van der Waals surface area contributed by atoms with Gasteiger partial charge in [0.2, 0.25) is 0 Å². The van der Waals surface area contributed by atoms with E-state index in [1.807, 2.05) is 0 Å². The zero-order chi connectivity index (χ0) is 18.4. The van der Waals surface area contributed by atoms with Crippen molar-refractivity contribution in [1.82, 2.24) is 5.32 Å². The number of anilines is 1. The average molecular weight is 371 g/mol. The van der Waals surface area contributed by atoms with Crippen molar-refractivity contribution < 1.29 is 9.64 Å². The highest BCUT2D eigenvalue weighted by Gasteiger charge is 2.22. The van der Waals surface area contributed by atoms with Crippen molar-refractivity contribution in [3.05, 3.63) is 65.2 Å². The van der Waals surface area contributed by atoms with Gasteiger partial charge in [0.25, 0.3) is 0 Å². The first-order valence-electron chi connectivity index (χ1n) is 9.23. The second kappa shape index (κ2) is 9.12. The minimum atomic E-state index is 0.175. The standard InChI is InChI=1S/C21H27N3OS/c1-16-8-9-17(2)19(14-16)22-21(26)23-20(18-6-4-3-5-7-18)15-24-10-12-25-13-11-24/h3-9,14,20H,10-13,15H2,1-2H3,(H2,22,23,26)/p+1/t20-/m0/s1. The fraction of sp³-hybridized carbons (Fsp3) is 0.381. The Labute approximate surface area is 161 Å². The number of hydrogen-bond acceptors (Lipinski definition) is 2. The van der Waals surface area contributed by atoms with E-state index in [1.54, 1.807) is 4.90 Å². The molecule has 26 heavy (non-hydrogen) atoms. The molecule has 0 bridgehead atoms. The lowest BCUT2D eigenvalue weighted by Gasteiger charge is -2.29. The van der Waals surface area contributed by atoms with Gasteiger partial charge in [0, 0.05) is 5.69 Å². The molecule has 0 radical (unpaired) electrons. The van der Waals surface area contributed by atoms with Crippen molar-refractivity contribution in [3.8, 4) is 0 Å². The molecule has 5 heteroatoms. The van der Waals surface area contributed by atoms with Gasteiger partial charge in [-0.25, -0.2) is 0 Å². The van der Waals surface area contributed by atoms with Crippen LogP contribution in [0, 0.1) is 13.8 Å². The van der Waals surface area contributed by atoms with Crippen LogP contribution in [0.2, 0.25) is 0 Å². The SMILES string of the molecule is Cc1ccc(C)c(NC(=S)N[C@@H](C[NH+]2CCOCC2)c2ccccc2)c1. The Morgan fingerprint density at radius 1 is 1.12 bits per heavy atom. The maximum atomic E-state index is 5.63. The van der Waals surface area contributed by atoms with E-state index in [4.69, 9.17) is 17.0 Å². The summed E-state index contributed by atoms with van der Waals surface area (Å²) in [6, 6.07) is 17.1. The molecule has 3 N–H and O–H groups in total. The molecule has 1 aliphatic rings. The van der Waals surface area contributed by atoms with Crippen molar-refractivity contribution in [2.24, 2.45) is 0 Å². The summed E-state index contributed by atoms with van der Waals surface area (Å²) in [6.45, 7) is 8.93. The summed E-state index contributed by atoms with van der Waals surface area (Å²) in [5.41, 5.74) is 4.73. The molecule has 0 unspecified atom stereocenters. The molecule has 138 valence electrons. The van der Waals surface area contributed by atoms with Crippen molar-refractivity contribution >= 4 is 23.0 Å². The second-order valence-corrected chi connectivity index (χ2v) is 7.35. The molecule has 4 nitrogen and oxygen atoms in total. The second-order valence-electron chi connectivity index (χ2n) is 6.95. The molecule has 0 saturated carbocycles. The van der Waals surface area contributed by atoms with Gasteiger partial charge in [-0.15, -0.1) is 0 Å². The summed E-state index contributed by atoms with van der Waals surface area (Å²) >= 11 is 5.63. The van der Waals surface area contributed by atoms with E-state index in [2.05, 4.69) is 73.0 Å². The van der Waals surface area contributed by atoms with Crippen LogP contribution >= 0.6 is 12.2 Å². The summed E-state index contributed by atoms with van der Waals surface area (Å²) in [5.74, 6) is 0. The van der Waals surface area contributed by atoms with Crippen LogP contribution in [0.4, 0.5) is 5.69 Å². The number of benzene rings is 2. The predicted octanol–water partition coefficient (Wildman–Crippen LogP) is 2.25. The zero-order valence-corrected chi connectivity index (χ0v) is 16.4. The van der Waals surface area contributed by atoms with Crippen molar-refractivity contribution in [2.45, 2.75) is 19.9 Å². The number of aryl methyl sites for hydroxylation is 2. The summed E-state index contributed by atoms with van der Waals surface area (Å²) in [7, 11) is 0. The van der Waals surface area contributed by atoms with Crippen LogP contribution in [0.25, 0.3) is 0 Å². The molecule has 0 amide bonds. The number of hydrogen-bond donors (Lipinski definition) is 3. The minimum Gasteiger partial charge on any atom is -0.370 e. The van der Waals surface area contributed by atoms with Gasteiger partial charge in [0.15, 0.2) is 5.11 Å². The van der Waals surface area contributed by atoms with Crippen molar-refractivity contribution in [1.29, 1.82) is 0 Å². The Kier molecular flexibility index (Phi) is 6.61. The molecule has 1 atom stereocenters. The summed E-state index contributed by atoms with van der Waals surface area (Å²) in [4.78, 5) is 1.55. The lowest BCUT2D eigenvalue weighted by Crippen LogP contribution is -3.14. The molecule has 0 aromatic heterocycles. The zero-order valence-electron chi connectivity index (χ0n) is 15.5. The van der Waals surface area contributed by atoms with E-state index in [0.29, 0.717) is 5.11 Å². The smallest absolute Gasteiger partial charge is 0.171 e. The topological polar surface area (TPSA) is 37.7 Å². The van der Waals surface area contributed by atoms with E-state index in [1.165, 1.54) is 16.7 Å². The van der Waals surface area contributed by atoms with Gasteiger partial charge >= 0.3 is 0 Å². The Morgan fingerprint density at radius 2 is 1.85 bits per heavy atom. The minimum absolute atomic E-state index is 0.175. The summed E-state index contributed by atoms with van der Waals surface area (Å²) < 4.78 is 5.49. The highest BCUT2D eigenvalue weighted by Crippen LogP contribution is 2.17. The number of quaternary nitrogens is 1. The van der Waals surface area contributed by atoms with Crippen LogP contribution in [-0.4, -0.2) is 38.0 Å². The fourth-order valence-corrected chi connectivity index (χ4v) is 3.53. The van der Waals surface area contributed by atoms with E-state index < -0.39 is 0 Å². The van der Waals surface area contributed by atoms with Crippen LogP contribution in [0.15, 0.2) is 48.5 Å². The third kappa shape index (κ3) is 5.27. The third-order valence-electron chi connectivity index (χ3n) is 4.84. The van der Waals surface area contributed by atoms with Gasteiger partial charge < -0.3 is 20.3 Å². The number of rotatable bonds is 5. The number of nitrogens with one attached hydrogen (secondary N) is 3. The summed E-state index contributed by atoms with van der Waals surface area (Å²) in [6.07, 6.45) is 0. The van der Waals surface area contributed by atoms with E-state index in [0.717, 1.165) is 38.5 Å². The lowest BCUT2D eigenvalue weighted by molar-refractivity contribution is -0.909. The van der Waals surface area contributed by atoms with E-state index in [9.17, 15) is 0 Å². The van der Waals surface area contributed by atoms with Gasteiger partial charge in [0.1, 0.15) is 25.7 Å². The Bertz CT molecular complexity index is 729. The van der Waals surface area contributed by atoms with E-state index in [-0.39, 0.29) is 6.04 Å². The fourth-order valence-electron chi connectivity index (χ4n) is 3.28. The summed E-state index contributed by atoms with van der Waals surface area (Å²) in [5, 5.41) is 7.58. The number of ether oxygens (including phenoxy) is 1. The Hall–Kier alpha value is -1.95. The molecule has 2 aromatic rings. The Morgan fingerprint density at radius 3 is 2.58 bits per heavy atom. The number of morpholine rings is 1. The lowest BCUT2D eigenvalue weighted by atomic mass is 10.1. The van der Waals surface area contributed by atoms with Gasteiger partial charge in [0.05, 0.1) is 13.2 Å². The third-order valence-corrected chi connectivity index (χ3v) is 5.06. The van der Waals surface area contributed by atoms with Crippen molar-refractivity contribution in [2.75, 3.05) is 38.2 Å². The maximum Gasteiger partial charge on any atom is 0.171 e. The first-order valence-corrected chi connectivity index (χ1v) is 9.63. The van der Waals surface area contributed by atoms with Gasteiger partial charge in [-0.3, -0.25) is 0 Å². The molecular formula is C21H28N3OS+. The van der Waals surface area contributed by atoms with Crippen LogP contribution in [0.5, 0.6) is 0 Å². The highest BCUT2D eigenvalue weighted by molar-refractivity contribution is 7.80. The molecule has 3 rings (SSSR count). The first-order chi connectivity index (χ1) is 12.6. The molecule has 1 fully saturated rings. The van der Waals surface area contributed by atoms with Crippen LogP contribution in [0.3, 0.4) is 0 Å². The first kappa shape index (κ1) is 18.8. The Balaban J connectivity index is 1.70. The molecule has 1 saturated heterocycles. The van der Waals surface area contributed by atoms with Crippen LogP contribution in [0.1, 0.15) is 22.7 Å². The van der Waals surface area contributed by atoms with Crippen LogP contribution in [-0.2, 0) is 4.74 Å². The average Bonchev–Trinajstić information content (AvgIpc) is 2.66. The van der Waals surface area contributed by atoms with Crippen LogP contribution < -0.4 is 15.5 Å². The normalized spacial score (nSPS) is 16.1.